The highest BCUT2D eigenvalue weighted by atomic mass is 19.1. The molecule has 4 heteroatoms. The van der Waals surface area contributed by atoms with Crippen LogP contribution >= 0.6 is 0 Å². The van der Waals surface area contributed by atoms with Crippen LogP contribution in [0.15, 0.2) is 0 Å². The number of nitrogens with zero attached hydrogens (tertiary/aromatic N) is 1. The van der Waals surface area contributed by atoms with E-state index in [1.54, 1.807) is 14.1 Å². The van der Waals surface area contributed by atoms with Crippen molar-refractivity contribution in [2.24, 2.45) is 0 Å². The second kappa shape index (κ2) is 3.74. The zero-order valence-corrected chi connectivity index (χ0v) is 7.51. The summed E-state index contributed by atoms with van der Waals surface area (Å²) in [6, 6.07) is -0.468. The molecule has 1 fully saturated rings. The van der Waals surface area contributed by atoms with Crippen molar-refractivity contribution in [3.05, 3.63) is 0 Å². The summed E-state index contributed by atoms with van der Waals surface area (Å²) in [5, 5.41) is 2.64. The first-order valence-electron chi connectivity index (χ1n) is 4.23. The molecule has 0 spiro atoms. The first-order chi connectivity index (χ1) is 5.61. The Hall–Kier alpha value is -0.800. The third-order valence-electron chi connectivity index (χ3n) is 2.15. The molecule has 1 aliphatic rings. The Labute approximate surface area is 71.9 Å². The molecule has 70 valence electrons. The van der Waals surface area contributed by atoms with Crippen LogP contribution in [-0.2, 0) is 0 Å². The van der Waals surface area contributed by atoms with Crippen LogP contribution in [0.2, 0.25) is 0 Å². The highest BCUT2D eigenvalue weighted by Gasteiger charge is 2.28. The fourth-order valence-corrected chi connectivity index (χ4v) is 1.37. The maximum Gasteiger partial charge on any atom is 0.317 e. The highest BCUT2D eigenvalue weighted by Crippen LogP contribution is 2.21. The largest absolute Gasteiger partial charge is 0.332 e. The van der Waals surface area contributed by atoms with Crippen molar-refractivity contribution in [1.82, 2.24) is 10.2 Å². The number of rotatable bonds is 1. The van der Waals surface area contributed by atoms with Crippen LogP contribution < -0.4 is 5.32 Å². The lowest BCUT2D eigenvalue weighted by Gasteiger charge is -2.18. The Balaban J connectivity index is 2.35. The summed E-state index contributed by atoms with van der Waals surface area (Å²) in [6.07, 6.45) is 1.37. The van der Waals surface area contributed by atoms with E-state index in [0.717, 1.165) is 12.8 Å². The first kappa shape index (κ1) is 9.29. The first-order valence-corrected chi connectivity index (χ1v) is 4.23. The van der Waals surface area contributed by atoms with E-state index in [-0.39, 0.29) is 12.1 Å². The summed E-state index contributed by atoms with van der Waals surface area (Å²) < 4.78 is 13.0. The maximum atomic E-state index is 13.0. The van der Waals surface area contributed by atoms with Crippen LogP contribution in [0.25, 0.3) is 0 Å². The van der Waals surface area contributed by atoms with Crippen LogP contribution in [0.1, 0.15) is 19.3 Å². The van der Waals surface area contributed by atoms with Crippen molar-refractivity contribution in [3.8, 4) is 0 Å². The standard InChI is InChI=1S/C8H15FN2O/c1-11(2)8(12)10-7-5-3-4-6(7)9/h6-7H,3-5H2,1-2H3,(H,10,12)/t6-,7+/m1/s1. The monoisotopic (exact) mass is 174 g/mol. The Kier molecular flexibility index (Phi) is 2.89. The summed E-state index contributed by atoms with van der Waals surface area (Å²) >= 11 is 0. The van der Waals surface area contributed by atoms with Gasteiger partial charge in [0, 0.05) is 14.1 Å². The zero-order chi connectivity index (χ0) is 9.14. The van der Waals surface area contributed by atoms with Crippen LogP contribution in [0.5, 0.6) is 0 Å². The molecule has 0 aromatic carbocycles. The van der Waals surface area contributed by atoms with E-state index in [9.17, 15) is 9.18 Å². The molecule has 0 unspecified atom stereocenters. The number of urea groups is 1. The highest BCUT2D eigenvalue weighted by molar-refractivity contribution is 5.73. The molecule has 0 heterocycles. The molecule has 1 rings (SSSR count). The number of alkyl halides is 1. The number of carbonyl (C=O) groups is 1. The molecule has 0 radical (unpaired) electrons. The van der Waals surface area contributed by atoms with Gasteiger partial charge in [0.15, 0.2) is 0 Å². The van der Waals surface area contributed by atoms with E-state index in [2.05, 4.69) is 5.32 Å². The van der Waals surface area contributed by atoms with Crippen molar-refractivity contribution < 1.29 is 9.18 Å². The molecule has 12 heavy (non-hydrogen) atoms. The number of halogens is 1. The van der Waals surface area contributed by atoms with Gasteiger partial charge < -0.3 is 10.2 Å². The van der Waals surface area contributed by atoms with E-state index in [1.165, 1.54) is 4.90 Å². The Morgan fingerprint density at radius 3 is 2.58 bits per heavy atom. The second-order valence-electron chi connectivity index (χ2n) is 3.40. The summed E-state index contributed by atoms with van der Waals surface area (Å²) in [7, 11) is 3.30. The smallest absolute Gasteiger partial charge is 0.317 e. The third kappa shape index (κ3) is 2.09. The van der Waals surface area contributed by atoms with E-state index in [0.29, 0.717) is 6.42 Å². The molecule has 0 bridgehead atoms. The average Bonchev–Trinajstić information content (AvgIpc) is 2.36. The van der Waals surface area contributed by atoms with Gasteiger partial charge in [0.25, 0.3) is 0 Å². The molecule has 2 atom stereocenters. The lowest BCUT2D eigenvalue weighted by molar-refractivity contribution is 0.203. The fourth-order valence-electron chi connectivity index (χ4n) is 1.37. The maximum absolute atomic E-state index is 13.0. The van der Waals surface area contributed by atoms with E-state index < -0.39 is 6.17 Å². The SMILES string of the molecule is CN(C)C(=O)N[C@H]1CCC[C@H]1F. The van der Waals surface area contributed by atoms with Crippen molar-refractivity contribution in [2.45, 2.75) is 31.5 Å². The molecule has 0 aromatic rings. The van der Waals surface area contributed by atoms with Gasteiger partial charge in [-0.2, -0.15) is 0 Å². The van der Waals surface area contributed by atoms with Gasteiger partial charge in [0.05, 0.1) is 6.04 Å². The molecular formula is C8H15FN2O. The minimum atomic E-state index is -0.853. The van der Waals surface area contributed by atoms with Crippen molar-refractivity contribution in [1.29, 1.82) is 0 Å². The molecule has 1 saturated carbocycles. The van der Waals surface area contributed by atoms with E-state index in [4.69, 9.17) is 0 Å². The lowest BCUT2D eigenvalue weighted by Crippen LogP contribution is -2.43. The molecule has 0 aromatic heterocycles. The molecule has 3 nitrogen and oxygen atoms in total. The van der Waals surface area contributed by atoms with Crippen LogP contribution in [0.3, 0.4) is 0 Å². The van der Waals surface area contributed by atoms with Gasteiger partial charge in [0.1, 0.15) is 6.17 Å². The third-order valence-corrected chi connectivity index (χ3v) is 2.15. The number of nitrogens with one attached hydrogen (secondary N) is 1. The lowest BCUT2D eigenvalue weighted by atomic mass is 10.2. The minimum Gasteiger partial charge on any atom is -0.332 e. The number of amides is 2. The van der Waals surface area contributed by atoms with Gasteiger partial charge in [-0.25, -0.2) is 9.18 Å². The zero-order valence-electron chi connectivity index (χ0n) is 7.51. The average molecular weight is 174 g/mol. The summed E-state index contributed by atoms with van der Waals surface area (Å²) in [5.41, 5.74) is 0. The molecule has 1 N–H and O–H groups in total. The van der Waals surface area contributed by atoms with Gasteiger partial charge in [-0.15, -0.1) is 0 Å². The summed E-state index contributed by atoms with van der Waals surface area (Å²) in [6.45, 7) is 0. The molecule has 0 saturated heterocycles. The Morgan fingerprint density at radius 2 is 2.17 bits per heavy atom. The normalized spacial score (nSPS) is 28.6. The Morgan fingerprint density at radius 1 is 1.50 bits per heavy atom. The summed E-state index contributed by atoms with van der Waals surface area (Å²) in [4.78, 5) is 12.5. The molecule has 0 aliphatic heterocycles. The topological polar surface area (TPSA) is 32.3 Å². The minimum absolute atomic E-state index is 0.204. The van der Waals surface area contributed by atoms with E-state index >= 15 is 0 Å². The second-order valence-corrected chi connectivity index (χ2v) is 3.40. The molecular weight excluding hydrogens is 159 g/mol. The van der Waals surface area contributed by atoms with Gasteiger partial charge in [0.2, 0.25) is 0 Å². The molecule has 1 aliphatic carbocycles. The van der Waals surface area contributed by atoms with Crippen molar-refractivity contribution >= 4 is 6.03 Å². The Bertz CT molecular complexity index is 172. The quantitative estimate of drug-likeness (QED) is 0.635. The number of carbonyl (C=O) groups excluding carboxylic acids is 1. The van der Waals surface area contributed by atoms with E-state index in [1.807, 2.05) is 0 Å². The van der Waals surface area contributed by atoms with Crippen LogP contribution in [-0.4, -0.2) is 37.2 Å². The van der Waals surface area contributed by atoms with Crippen molar-refractivity contribution in [3.63, 3.8) is 0 Å². The number of hydrogen-bond donors (Lipinski definition) is 1. The van der Waals surface area contributed by atoms with Crippen molar-refractivity contribution in [2.75, 3.05) is 14.1 Å². The predicted octanol–water partition coefficient (Wildman–Crippen LogP) is 1.15. The molecule has 2 amide bonds. The van der Waals surface area contributed by atoms with Gasteiger partial charge in [-0.05, 0) is 19.3 Å². The predicted molar refractivity (Wildman–Crippen MR) is 44.8 cm³/mol. The van der Waals surface area contributed by atoms with Gasteiger partial charge in [-0.1, -0.05) is 0 Å². The fraction of sp³-hybridized carbons (Fsp3) is 0.875. The van der Waals surface area contributed by atoms with Crippen LogP contribution in [0.4, 0.5) is 9.18 Å². The number of hydrogen-bond acceptors (Lipinski definition) is 1. The van der Waals surface area contributed by atoms with Gasteiger partial charge >= 0.3 is 6.03 Å². The van der Waals surface area contributed by atoms with Gasteiger partial charge in [-0.3, -0.25) is 0 Å². The summed E-state index contributed by atoms with van der Waals surface area (Å²) in [5.74, 6) is 0. The van der Waals surface area contributed by atoms with Crippen LogP contribution in [0, 0.1) is 0 Å².